The van der Waals surface area contributed by atoms with Gasteiger partial charge in [0.25, 0.3) is 0 Å². The molecule has 3 N–H and O–H groups in total. The SMILES string of the molecule is NNc1cc(-n2cccn2)ccn1. The molecule has 0 atom stereocenters. The van der Waals surface area contributed by atoms with Crippen LogP contribution < -0.4 is 11.3 Å². The normalized spacial score (nSPS) is 9.92. The molecular weight excluding hydrogens is 166 g/mol. The monoisotopic (exact) mass is 175 g/mol. The van der Waals surface area contributed by atoms with E-state index in [2.05, 4.69) is 15.5 Å². The molecule has 0 aliphatic rings. The van der Waals surface area contributed by atoms with Crippen LogP contribution in [0.15, 0.2) is 36.8 Å². The predicted octanol–water partition coefficient (Wildman–Crippen LogP) is 0.553. The molecule has 0 radical (unpaired) electrons. The summed E-state index contributed by atoms with van der Waals surface area (Å²) in [6, 6.07) is 5.52. The van der Waals surface area contributed by atoms with Crippen molar-refractivity contribution in [3.05, 3.63) is 36.8 Å². The Bertz CT molecular complexity index is 381. The van der Waals surface area contributed by atoms with Gasteiger partial charge in [-0.15, -0.1) is 0 Å². The van der Waals surface area contributed by atoms with E-state index in [1.54, 1.807) is 17.1 Å². The zero-order valence-corrected chi connectivity index (χ0v) is 6.88. The highest BCUT2D eigenvalue weighted by molar-refractivity contribution is 5.43. The molecule has 66 valence electrons. The number of pyridine rings is 1. The topological polar surface area (TPSA) is 68.8 Å². The maximum Gasteiger partial charge on any atom is 0.142 e. The van der Waals surface area contributed by atoms with Gasteiger partial charge in [0.1, 0.15) is 5.82 Å². The lowest BCUT2D eigenvalue weighted by molar-refractivity contribution is 0.878. The molecule has 2 heterocycles. The third-order valence-corrected chi connectivity index (χ3v) is 1.66. The van der Waals surface area contributed by atoms with E-state index in [9.17, 15) is 0 Å². The quantitative estimate of drug-likeness (QED) is 0.516. The number of hydrogen-bond acceptors (Lipinski definition) is 4. The van der Waals surface area contributed by atoms with Crippen molar-refractivity contribution in [3.8, 4) is 5.69 Å². The molecule has 13 heavy (non-hydrogen) atoms. The number of anilines is 1. The smallest absolute Gasteiger partial charge is 0.142 e. The molecule has 0 saturated carbocycles. The standard InChI is InChI=1S/C8H9N5/c9-12-8-6-7(2-4-10-8)13-5-1-3-11-13/h1-6H,9H2,(H,10,12). The fourth-order valence-corrected chi connectivity index (χ4v) is 1.06. The van der Waals surface area contributed by atoms with Crippen molar-refractivity contribution in [2.24, 2.45) is 5.84 Å². The maximum atomic E-state index is 5.23. The molecule has 0 aromatic carbocycles. The van der Waals surface area contributed by atoms with Gasteiger partial charge in [-0.25, -0.2) is 15.5 Å². The van der Waals surface area contributed by atoms with Crippen LogP contribution in [-0.2, 0) is 0 Å². The summed E-state index contributed by atoms with van der Waals surface area (Å²) in [4.78, 5) is 3.99. The molecule has 2 aromatic rings. The first-order valence-electron chi connectivity index (χ1n) is 3.83. The van der Waals surface area contributed by atoms with Crippen molar-refractivity contribution in [3.63, 3.8) is 0 Å². The minimum absolute atomic E-state index is 0.619. The van der Waals surface area contributed by atoms with Crippen LogP contribution in [-0.4, -0.2) is 14.8 Å². The Morgan fingerprint density at radius 2 is 2.31 bits per heavy atom. The van der Waals surface area contributed by atoms with Crippen LogP contribution in [0.5, 0.6) is 0 Å². The second-order valence-corrected chi connectivity index (χ2v) is 2.49. The Kier molecular flexibility index (Phi) is 1.93. The summed E-state index contributed by atoms with van der Waals surface area (Å²) in [5.74, 6) is 5.85. The highest BCUT2D eigenvalue weighted by Crippen LogP contribution is 2.08. The van der Waals surface area contributed by atoms with E-state index in [-0.39, 0.29) is 0 Å². The fourth-order valence-electron chi connectivity index (χ4n) is 1.06. The molecule has 0 fully saturated rings. The molecule has 5 nitrogen and oxygen atoms in total. The molecule has 0 aliphatic heterocycles. The molecule has 2 rings (SSSR count). The van der Waals surface area contributed by atoms with Crippen LogP contribution in [0.25, 0.3) is 5.69 Å². The van der Waals surface area contributed by atoms with E-state index >= 15 is 0 Å². The maximum absolute atomic E-state index is 5.23. The highest BCUT2D eigenvalue weighted by Gasteiger charge is 1.96. The van der Waals surface area contributed by atoms with Gasteiger partial charge in [-0.2, -0.15) is 5.10 Å². The number of nitrogen functional groups attached to an aromatic ring is 1. The fraction of sp³-hybridized carbons (Fsp3) is 0. The second-order valence-electron chi connectivity index (χ2n) is 2.49. The number of nitrogens with one attached hydrogen (secondary N) is 1. The molecule has 0 amide bonds. The zero-order valence-electron chi connectivity index (χ0n) is 6.88. The molecule has 2 aromatic heterocycles. The van der Waals surface area contributed by atoms with Gasteiger partial charge in [0.05, 0.1) is 5.69 Å². The lowest BCUT2D eigenvalue weighted by atomic mass is 10.4. The van der Waals surface area contributed by atoms with Gasteiger partial charge < -0.3 is 5.43 Å². The van der Waals surface area contributed by atoms with E-state index in [1.165, 1.54) is 0 Å². The Balaban J connectivity index is 2.41. The summed E-state index contributed by atoms with van der Waals surface area (Å²) in [7, 11) is 0. The number of hydrogen-bond donors (Lipinski definition) is 2. The first-order valence-corrected chi connectivity index (χ1v) is 3.83. The highest BCUT2D eigenvalue weighted by atomic mass is 15.3. The van der Waals surface area contributed by atoms with Crippen LogP contribution in [0.2, 0.25) is 0 Å². The minimum atomic E-state index is 0.619. The summed E-state index contributed by atoms with van der Waals surface area (Å²) in [5, 5.41) is 4.08. The average molecular weight is 175 g/mol. The Labute approximate surface area is 75.2 Å². The lowest BCUT2D eigenvalue weighted by Crippen LogP contribution is -2.09. The van der Waals surface area contributed by atoms with Gasteiger partial charge in [0.2, 0.25) is 0 Å². The first kappa shape index (κ1) is 7.75. The van der Waals surface area contributed by atoms with Gasteiger partial charge in [0, 0.05) is 24.7 Å². The number of aromatic nitrogens is 3. The molecule has 0 aliphatic carbocycles. The van der Waals surface area contributed by atoms with Crippen LogP contribution in [0.4, 0.5) is 5.82 Å². The summed E-state index contributed by atoms with van der Waals surface area (Å²) < 4.78 is 1.74. The van der Waals surface area contributed by atoms with E-state index in [1.807, 2.05) is 24.4 Å². The number of nitrogens with two attached hydrogens (primary N) is 1. The summed E-state index contributed by atoms with van der Waals surface area (Å²) in [6.45, 7) is 0. The lowest BCUT2D eigenvalue weighted by Gasteiger charge is -2.02. The van der Waals surface area contributed by atoms with Crippen LogP contribution in [0.1, 0.15) is 0 Å². The molecule has 0 bridgehead atoms. The third kappa shape index (κ3) is 1.50. The van der Waals surface area contributed by atoms with Gasteiger partial charge in [-0.3, -0.25) is 0 Å². The Hall–Kier alpha value is -1.88. The van der Waals surface area contributed by atoms with Crippen LogP contribution in [0.3, 0.4) is 0 Å². The minimum Gasteiger partial charge on any atom is -0.308 e. The Morgan fingerprint density at radius 3 is 3.00 bits per heavy atom. The summed E-state index contributed by atoms with van der Waals surface area (Å²) in [6.07, 6.45) is 5.25. The predicted molar refractivity (Wildman–Crippen MR) is 49.2 cm³/mol. The van der Waals surface area contributed by atoms with Gasteiger partial charge in [-0.05, 0) is 12.1 Å². The molecule has 0 spiro atoms. The van der Waals surface area contributed by atoms with Gasteiger partial charge in [-0.1, -0.05) is 0 Å². The van der Waals surface area contributed by atoms with Crippen molar-refractivity contribution < 1.29 is 0 Å². The third-order valence-electron chi connectivity index (χ3n) is 1.66. The van der Waals surface area contributed by atoms with Crippen molar-refractivity contribution >= 4 is 5.82 Å². The van der Waals surface area contributed by atoms with Crippen LogP contribution >= 0.6 is 0 Å². The molecule has 0 saturated heterocycles. The van der Waals surface area contributed by atoms with Crippen molar-refractivity contribution in [2.45, 2.75) is 0 Å². The number of nitrogens with zero attached hydrogens (tertiary/aromatic N) is 3. The first-order chi connectivity index (χ1) is 6.40. The molecule has 0 unspecified atom stereocenters. The van der Waals surface area contributed by atoms with E-state index < -0.39 is 0 Å². The van der Waals surface area contributed by atoms with Crippen molar-refractivity contribution in [2.75, 3.05) is 5.43 Å². The van der Waals surface area contributed by atoms with Crippen LogP contribution in [0, 0.1) is 0 Å². The molecule has 5 heteroatoms. The van der Waals surface area contributed by atoms with Crippen molar-refractivity contribution in [1.29, 1.82) is 0 Å². The van der Waals surface area contributed by atoms with E-state index in [0.717, 1.165) is 5.69 Å². The summed E-state index contributed by atoms with van der Waals surface area (Å²) in [5.41, 5.74) is 3.40. The summed E-state index contributed by atoms with van der Waals surface area (Å²) >= 11 is 0. The van der Waals surface area contributed by atoms with Gasteiger partial charge in [0.15, 0.2) is 0 Å². The van der Waals surface area contributed by atoms with Crippen molar-refractivity contribution in [1.82, 2.24) is 14.8 Å². The number of rotatable bonds is 2. The zero-order chi connectivity index (χ0) is 9.10. The molecular formula is C8H9N5. The van der Waals surface area contributed by atoms with Gasteiger partial charge >= 0.3 is 0 Å². The van der Waals surface area contributed by atoms with E-state index in [4.69, 9.17) is 5.84 Å². The Morgan fingerprint density at radius 1 is 1.38 bits per heavy atom. The largest absolute Gasteiger partial charge is 0.308 e. The number of hydrazine groups is 1. The average Bonchev–Trinajstić information content (AvgIpc) is 2.71. The second kappa shape index (κ2) is 3.24. The van der Waals surface area contributed by atoms with E-state index in [0.29, 0.717) is 5.82 Å².